The molecule has 2 amide bonds. The van der Waals surface area contributed by atoms with Crippen molar-refractivity contribution in [2.45, 2.75) is 32.2 Å². The van der Waals surface area contributed by atoms with Crippen molar-refractivity contribution in [3.8, 4) is 0 Å². The number of halogens is 1. The fraction of sp³-hybridized carbons (Fsp3) is 0.467. The molecular formula is C15H19FN2O3. The Balaban J connectivity index is 1.98. The Morgan fingerprint density at radius 3 is 2.81 bits per heavy atom. The van der Waals surface area contributed by atoms with Gasteiger partial charge in [-0.25, -0.2) is 9.18 Å². The van der Waals surface area contributed by atoms with E-state index >= 15 is 0 Å². The number of anilines is 1. The standard InChI is InChI=1S/C15H19FN2O3/c1-9-6-7-11(16)13(8-9)18-15(20)17-12-5-3-4-10(12)14(19)21-2/h6-8,10,12H,3-5H2,1-2H3,(H2,17,18,20). The fourth-order valence-corrected chi connectivity index (χ4v) is 2.63. The zero-order valence-electron chi connectivity index (χ0n) is 12.1. The number of esters is 1. The van der Waals surface area contributed by atoms with Crippen LogP contribution in [-0.4, -0.2) is 25.2 Å². The van der Waals surface area contributed by atoms with Gasteiger partial charge in [0.05, 0.1) is 18.7 Å². The molecule has 0 radical (unpaired) electrons. The van der Waals surface area contributed by atoms with E-state index in [2.05, 4.69) is 10.6 Å². The van der Waals surface area contributed by atoms with Crippen LogP contribution in [0.5, 0.6) is 0 Å². The van der Waals surface area contributed by atoms with Crippen molar-refractivity contribution in [3.63, 3.8) is 0 Å². The Morgan fingerprint density at radius 1 is 1.33 bits per heavy atom. The molecule has 2 atom stereocenters. The van der Waals surface area contributed by atoms with Crippen LogP contribution in [0.1, 0.15) is 24.8 Å². The van der Waals surface area contributed by atoms with E-state index in [0.29, 0.717) is 12.8 Å². The van der Waals surface area contributed by atoms with Gasteiger partial charge in [0, 0.05) is 6.04 Å². The third-order valence-electron chi connectivity index (χ3n) is 3.71. The lowest BCUT2D eigenvalue weighted by atomic mass is 10.0. The van der Waals surface area contributed by atoms with Gasteiger partial charge < -0.3 is 15.4 Å². The summed E-state index contributed by atoms with van der Waals surface area (Å²) in [6.07, 6.45) is 2.25. The number of carbonyl (C=O) groups is 2. The summed E-state index contributed by atoms with van der Waals surface area (Å²) in [4.78, 5) is 23.6. The summed E-state index contributed by atoms with van der Waals surface area (Å²) in [7, 11) is 1.33. The minimum absolute atomic E-state index is 0.125. The minimum atomic E-state index is -0.514. The normalized spacial score (nSPS) is 20.9. The Kier molecular flexibility index (Phi) is 4.77. The van der Waals surface area contributed by atoms with Crippen molar-refractivity contribution in [1.29, 1.82) is 0 Å². The molecule has 1 aromatic carbocycles. The van der Waals surface area contributed by atoms with Crippen LogP contribution in [-0.2, 0) is 9.53 Å². The van der Waals surface area contributed by atoms with Crippen molar-refractivity contribution in [3.05, 3.63) is 29.6 Å². The summed E-state index contributed by atoms with van der Waals surface area (Å²) < 4.78 is 18.3. The SMILES string of the molecule is COC(=O)C1CCCC1NC(=O)Nc1cc(C)ccc1F. The monoisotopic (exact) mass is 294 g/mol. The Hall–Kier alpha value is -2.11. The maximum Gasteiger partial charge on any atom is 0.319 e. The first-order valence-electron chi connectivity index (χ1n) is 6.92. The summed E-state index contributed by atoms with van der Waals surface area (Å²) in [6.45, 7) is 1.81. The molecule has 1 aliphatic carbocycles. The molecule has 1 aromatic rings. The number of nitrogens with one attached hydrogen (secondary N) is 2. The zero-order chi connectivity index (χ0) is 15.4. The van der Waals surface area contributed by atoms with Gasteiger partial charge in [0.25, 0.3) is 0 Å². The number of rotatable bonds is 3. The zero-order valence-corrected chi connectivity index (χ0v) is 12.1. The summed E-state index contributed by atoms with van der Waals surface area (Å²) in [5.74, 6) is -1.14. The first-order valence-corrected chi connectivity index (χ1v) is 6.92. The van der Waals surface area contributed by atoms with E-state index in [1.54, 1.807) is 12.1 Å². The lowest BCUT2D eigenvalue weighted by Crippen LogP contribution is -2.42. The molecule has 0 bridgehead atoms. The van der Waals surface area contributed by atoms with Crippen molar-refractivity contribution in [2.24, 2.45) is 5.92 Å². The highest BCUT2D eigenvalue weighted by Crippen LogP contribution is 2.27. The Morgan fingerprint density at radius 2 is 2.10 bits per heavy atom. The number of hydrogen-bond donors (Lipinski definition) is 2. The van der Waals surface area contributed by atoms with E-state index in [1.165, 1.54) is 13.2 Å². The van der Waals surface area contributed by atoms with Gasteiger partial charge in [-0.1, -0.05) is 12.5 Å². The number of aryl methyl sites for hydroxylation is 1. The molecular weight excluding hydrogens is 275 g/mol. The van der Waals surface area contributed by atoms with Gasteiger partial charge in [0.2, 0.25) is 0 Å². The van der Waals surface area contributed by atoms with Gasteiger partial charge in [0.15, 0.2) is 0 Å². The Labute approximate surface area is 122 Å². The summed E-state index contributed by atoms with van der Waals surface area (Å²) >= 11 is 0. The van der Waals surface area contributed by atoms with Crippen LogP contribution in [0.2, 0.25) is 0 Å². The van der Waals surface area contributed by atoms with Crippen LogP contribution in [0.3, 0.4) is 0 Å². The predicted molar refractivity (Wildman–Crippen MR) is 76.4 cm³/mol. The number of urea groups is 1. The summed E-state index contributed by atoms with van der Waals surface area (Å²) in [5, 5.41) is 5.20. The Bertz CT molecular complexity index is 548. The smallest absolute Gasteiger partial charge is 0.319 e. The second-order valence-electron chi connectivity index (χ2n) is 5.25. The minimum Gasteiger partial charge on any atom is -0.469 e. The van der Waals surface area contributed by atoms with E-state index in [4.69, 9.17) is 4.74 Å². The molecule has 2 N–H and O–H groups in total. The molecule has 0 spiro atoms. The van der Waals surface area contributed by atoms with Crippen LogP contribution in [0.4, 0.5) is 14.9 Å². The van der Waals surface area contributed by atoms with Crippen LogP contribution in [0.15, 0.2) is 18.2 Å². The van der Waals surface area contributed by atoms with Crippen LogP contribution >= 0.6 is 0 Å². The molecule has 2 rings (SSSR count). The molecule has 2 unspecified atom stereocenters. The summed E-state index contributed by atoms with van der Waals surface area (Å²) in [6, 6.07) is 3.70. The second-order valence-corrected chi connectivity index (χ2v) is 5.25. The lowest BCUT2D eigenvalue weighted by molar-refractivity contribution is -0.145. The lowest BCUT2D eigenvalue weighted by Gasteiger charge is -2.19. The maximum atomic E-state index is 13.6. The highest BCUT2D eigenvalue weighted by atomic mass is 19.1. The first kappa shape index (κ1) is 15.3. The van der Waals surface area contributed by atoms with Crippen molar-refractivity contribution in [1.82, 2.24) is 5.32 Å². The van der Waals surface area contributed by atoms with Crippen LogP contribution < -0.4 is 10.6 Å². The average molecular weight is 294 g/mol. The van der Waals surface area contributed by atoms with E-state index < -0.39 is 11.8 Å². The van der Waals surface area contributed by atoms with Gasteiger partial charge >= 0.3 is 12.0 Å². The molecule has 114 valence electrons. The number of hydrogen-bond acceptors (Lipinski definition) is 3. The average Bonchev–Trinajstić information content (AvgIpc) is 2.90. The molecule has 21 heavy (non-hydrogen) atoms. The van der Waals surface area contributed by atoms with Gasteiger partial charge in [-0.05, 0) is 37.5 Å². The molecule has 0 aliphatic heterocycles. The molecule has 1 aliphatic rings. The number of methoxy groups -OCH3 is 1. The number of carbonyl (C=O) groups excluding carboxylic acids is 2. The van der Waals surface area contributed by atoms with Crippen LogP contribution in [0, 0.1) is 18.7 Å². The highest BCUT2D eigenvalue weighted by molar-refractivity contribution is 5.90. The van der Waals surface area contributed by atoms with Crippen molar-refractivity contribution in [2.75, 3.05) is 12.4 Å². The number of amides is 2. The highest BCUT2D eigenvalue weighted by Gasteiger charge is 2.34. The van der Waals surface area contributed by atoms with Crippen LogP contribution in [0.25, 0.3) is 0 Å². The fourth-order valence-electron chi connectivity index (χ4n) is 2.63. The van der Waals surface area contributed by atoms with Gasteiger partial charge in [0.1, 0.15) is 5.82 Å². The molecule has 1 fully saturated rings. The van der Waals surface area contributed by atoms with Crippen molar-refractivity contribution < 1.29 is 18.7 Å². The van der Waals surface area contributed by atoms with E-state index in [-0.39, 0.29) is 23.6 Å². The van der Waals surface area contributed by atoms with E-state index in [9.17, 15) is 14.0 Å². The molecule has 5 nitrogen and oxygen atoms in total. The third kappa shape index (κ3) is 3.71. The topological polar surface area (TPSA) is 67.4 Å². The molecule has 0 saturated heterocycles. The van der Waals surface area contributed by atoms with Crippen molar-refractivity contribution >= 4 is 17.7 Å². The number of benzene rings is 1. The molecule has 1 saturated carbocycles. The molecule has 6 heteroatoms. The summed E-state index contributed by atoms with van der Waals surface area (Å²) in [5.41, 5.74) is 0.972. The predicted octanol–water partition coefficient (Wildman–Crippen LogP) is 2.60. The largest absolute Gasteiger partial charge is 0.469 e. The third-order valence-corrected chi connectivity index (χ3v) is 3.71. The van der Waals surface area contributed by atoms with E-state index in [1.807, 2.05) is 6.92 Å². The van der Waals surface area contributed by atoms with Gasteiger partial charge in [-0.2, -0.15) is 0 Å². The quantitative estimate of drug-likeness (QED) is 0.842. The van der Waals surface area contributed by atoms with E-state index in [0.717, 1.165) is 12.0 Å². The number of ether oxygens (including phenoxy) is 1. The maximum absolute atomic E-state index is 13.6. The molecule has 0 heterocycles. The molecule has 0 aromatic heterocycles. The van der Waals surface area contributed by atoms with Gasteiger partial charge in [-0.15, -0.1) is 0 Å². The van der Waals surface area contributed by atoms with Gasteiger partial charge in [-0.3, -0.25) is 4.79 Å². The second kappa shape index (κ2) is 6.56. The first-order chi connectivity index (χ1) is 10.0.